The lowest BCUT2D eigenvalue weighted by molar-refractivity contribution is 0.162. The van der Waals surface area contributed by atoms with Crippen molar-refractivity contribution in [1.82, 2.24) is 10.3 Å². The molecule has 6 heteroatoms. The predicted molar refractivity (Wildman–Crippen MR) is 116 cm³/mol. The summed E-state index contributed by atoms with van der Waals surface area (Å²) in [6.45, 7) is 4.10. The van der Waals surface area contributed by atoms with Crippen LogP contribution < -0.4 is 15.6 Å². The molecule has 1 fully saturated rings. The number of aryl methyl sites for hydroxylation is 1. The molecule has 0 aliphatic carbocycles. The van der Waals surface area contributed by atoms with Gasteiger partial charge in [0.05, 0.1) is 5.52 Å². The molecular formula is C21H24Cl2N2O2. The Labute approximate surface area is 171 Å². The number of fused-ring (bicyclic) bond motifs is 1. The number of ether oxygens (including phenoxy) is 1. The number of rotatable bonds is 3. The molecule has 2 heterocycles. The van der Waals surface area contributed by atoms with Crippen molar-refractivity contribution in [3.05, 3.63) is 64.4 Å². The Morgan fingerprint density at radius 3 is 2.30 bits per heavy atom. The molecule has 0 spiro atoms. The first-order chi connectivity index (χ1) is 12.2. The number of aromatic amines is 1. The number of aromatic nitrogens is 1. The van der Waals surface area contributed by atoms with Gasteiger partial charge in [0.15, 0.2) is 0 Å². The molecule has 4 nitrogen and oxygen atoms in total. The fraction of sp³-hybridized carbons (Fsp3) is 0.286. The van der Waals surface area contributed by atoms with Crippen molar-refractivity contribution >= 4 is 35.7 Å². The second-order valence-corrected chi connectivity index (χ2v) is 6.62. The maximum Gasteiger partial charge on any atom is 0.248 e. The van der Waals surface area contributed by atoms with Crippen LogP contribution in [-0.2, 0) is 0 Å². The molecule has 0 radical (unpaired) electrons. The van der Waals surface area contributed by atoms with E-state index in [1.807, 2.05) is 31.2 Å². The molecule has 1 saturated heterocycles. The van der Waals surface area contributed by atoms with Crippen molar-refractivity contribution in [3.8, 4) is 16.9 Å². The quantitative estimate of drug-likeness (QED) is 0.673. The molecule has 1 aliphatic heterocycles. The Hall–Kier alpha value is -2.01. The molecule has 1 aliphatic rings. The van der Waals surface area contributed by atoms with Crippen LogP contribution in [0.4, 0.5) is 0 Å². The van der Waals surface area contributed by atoms with Gasteiger partial charge in [-0.2, -0.15) is 0 Å². The first-order valence-corrected chi connectivity index (χ1v) is 8.81. The SMILES string of the molecule is Cc1c(-c2ccc(OC3CCNCC3)cc2)ccc2ccc(=O)[nH]c12.Cl.Cl. The molecule has 4 rings (SSSR count). The highest BCUT2D eigenvalue weighted by Crippen LogP contribution is 2.29. The summed E-state index contributed by atoms with van der Waals surface area (Å²) in [6.07, 6.45) is 2.41. The molecule has 27 heavy (non-hydrogen) atoms. The van der Waals surface area contributed by atoms with E-state index in [1.165, 1.54) is 0 Å². The minimum Gasteiger partial charge on any atom is -0.490 e. The van der Waals surface area contributed by atoms with E-state index in [1.54, 1.807) is 6.07 Å². The molecule has 2 N–H and O–H groups in total. The molecule has 1 aromatic heterocycles. The molecule has 144 valence electrons. The Morgan fingerprint density at radius 2 is 1.59 bits per heavy atom. The van der Waals surface area contributed by atoms with Crippen LogP contribution >= 0.6 is 24.8 Å². The van der Waals surface area contributed by atoms with E-state index in [2.05, 4.69) is 28.5 Å². The monoisotopic (exact) mass is 406 g/mol. The third kappa shape index (κ3) is 4.64. The van der Waals surface area contributed by atoms with Crippen LogP contribution in [0, 0.1) is 6.92 Å². The number of H-pyrrole nitrogens is 1. The molecule has 2 aromatic carbocycles. The zero-order chi connectivity index (χ0) is 17.2. The number of benzene rings is 2. The summed E-state index contributed by atoms with van der Waals surface area (Å²) in [5.41, 5.74) is 4.17. The maximum absolute atomic E-state index is 11.6. The molecule has 0 amide bonds. The van der Waals surface area contributed by atoms with Gasteiger partial charge in [-0.25, -0.2) is 0 Å². The lowest BCUT2D eigenvalue weighted by Crippen LogP contribution is -2.34. The van der Waals surface area contributed by atoms with Crippen LogP contribution in [0.25, 0.3) is 22.0 Å². The summed E-state index contributed by atoms with van der Waals surface area (Å²) in [6, 6.07) is 15.8. The van der Waals surface area contributed by atoms with Crippen molar-refractivity contribution in [2.24, 2.45) is 0 Å². The summed E-state index contributed by atoms with van der Waals surface area (Å²) >= 11 is 0. The van der Waals surface area contributed by atoms with Gasteiger partial charge in [0, 0.05) is 6.07 Å². The van der Waals surface area contributed by atoms with Gasteiger partial charge in [-0.1, -0.05) is 24.3 Å². The van der Waals surface area contributed by atoms with Crippen molar-refractivity contribution in [2.45, 2.75) is 25.9 Å². The third-order valence-electron chi connectivity index (χ3n) is 4.91. The highest BCUT2D eigenvalue weighted by atomic mass is 35.5. The number of nitrogens with one attached hydrogen (secondary N) is 2. The van der Waals surface area contributed by atoms with Gasteiger partial charge in [-0.15, -0.1) is 24.8 Å². The van der Waals surface area contributed by atoms with E-state index in [-0.39, 0.29) is 30.4 Å². The van der Waals surface area contributed by atoms with E-state index < -0.39 is 0 Å². The zero-order valence-electron chi connectivity index (χ0n) is 15.2. The summed E-state index contributed by atoms with van der Waals surface area (Å²) in [4.78, 5) is 14.6. The second-order valence-electron chi connectivity index (χ2n) is 6.62. The molecular weight excluding hydrogens is 383 g/mol. The number of piperidine rings is 1. The molecule has 0 unspecified atom stereocenters. The largest absolute Gasteiger partial charge is 0.490 e. The Balaban J connectivity index is 0.00000131. The lowest BCUT2D eigenvalue weighted by atomic mass is 9.98. The lowest BCUT2D eigenvalue weighted by Gasteiger charge is -2.23. The van der Waals surface area contributed by atoms with Gasteiger partial charge in [0.2, 0.25) is 5.56 Å². The van der Waals surface area contributed by atoms with E-state index in [0.29, 0.717) is 6.10 Å². The van der Waals surface area contributed by atoms with Gasteiger partial charge in [0.1, 0.15) is 11.9 Å². The number of hydrogen-bond acceptors (Lipinski definition) is 3. The van der Waals surface area contributed by atoms with Crippen molar-refractivity contribution < 1.29 is 4.74 Å². The number of halogens is 2. The van der Waals surface area contributed by atoms with Crippen molar-refractivity contribution in [3.63, 3.8) is 0 Å². The summed E-state index contributed by atoms with van der Waals surface area (Å²) in [7, 11) is 0. The average molecular weight is 407 g/mol. The van der Waals surface area contributed by atoms with Crippen LogP contribution in [-0.4, -0.2) is 24.2 Å². The fourth-order valence-electron chi connectivity index (χ4n) is 3.50. The van der Waals surface area contributed by atoms with Gasteiger partial charge >= 0.3 is 0 Å². The average Bonchev–Trinajstić information content (AvgIpc) is 2.64. The van der Waals surface area contributed by atoms with Crippen LogP contribution in [0.2, 0.25) is 0 Å². The van der Waals surface area contributed by atoms with Crippen LogP contribution in [0.1, 0.15) is 18.4 Å². The summed E-state index contributed by atoms with van der Waals surface area (Å²) in [5, 5.41) is 4.40. The van der Waals surface area contributed by atoms with E-state index in [4.69, 9.17) is 4.74 Å². The highest BCUT2D eigenvalue weighted by Gasteiger charge is 2.14. The first kappa shape index (κ1) is 21.3. The van der Waals surface area contributed by atoms with Gasteiger partial charge in [0.25, 0.3) is 0 Å². The third-order valence-corrected chi connectivity index (χ3v) is 4.91. The Bertz CT molecular complexity index is 949. The van der Waals surface area contributed by atoms with Crippen molar-refractivity contribution in [2.75, 3.05) is 13.1 Å². The van der Waals surface area contributed by atoms with E-state index in [9.17, 15) is 4.79 Å². The van der Waals surface area contributed by atoms with Crippen LogP contribution in [0.15, 0.2) is 53.3 Å². The number of hydrogen-bond donors (Lipinski definition) is 2. The minimum absolute atomic E-state index is 0. The normalized spacial score (nSPS) is 14.3. The summed E-state index contributed by atoms with van der Waals surface area (Å²) in [5.74, 6) is 0.919. The van der Waals surface area contributed by atoms with Gasteiger partial charge in [-0.3, -0.25) is 4.79 Å². The minimum atomic E-state index is -0.0709. The summed E-state index contributed by atoms with van der Waals surface area (Å²) < 4.78 is 6.07. The molecule has 0 bridgehead atoms. The van der Waals surface area contributed by atoms with Gasteiger partial charge < -0.3 is 15.0 Å². The van der Waals surface area contributed by atoms with Crippen molar-refractivity contribution in [1.29, 1.82) is 0 Å². The Morgan fingerprint density at radius 1 is 0.926 bits per heavy atom. The maximum atomic E-state index is 11.6. The number of pyridine rings is 1. The fourth-order valence-corrected chi connectivity index (χ4v) is 3.50. The van der Waals surface area contributed by atoms with E-state index in [0.717, 1.165) is 59.3 Å². The van der Waals surface area contributed by atoms with E-state index >= 15 is 0 Å². The van der Waals surface area contributed by atoms with Crippen LogP contribution in [0.5, 0.6) is 5.75 Å². The predicted octanol–water partition coefficient (Wildman–Crippen LogP) is 4.48. The second kappa shape index (κ2) is 9.27. The highest BCUT2D eigenvalue weighted by molar-refractivity contribution is 5.88. The molecule has 3 aromatic rings. The Kier molecular flexibility index (Phi) is 7.31. The zero-order valence-corrected chi connectivity index (χ0v) is 16.8. The molecule has 0 atom stereocenters. The van der Waals surface area contributed by atoms with Gasteiger partial charge in [-0.05, 0) is 73.1 Å². The molecule has 0 saturated carbocycles. The smallest absolute Gasteiger partial charge is 0.248 e. The topological polar surface area (TPSA) is 54.1 Å². The first-order valence-electron chi connectivity index (χ1n) is 8.81. The van der Waals surface area contributed by atoms with Crippen LogP contribution in [0.3, 0.4) is 0 Å². The standard InChI is InChI=1S/C21H22N2O2.2ClH/c1-14-19(8-4-16-5-9-20(24)23-21(14)16)15-2-6-17(7-3-15)25-18-10-12-22-13-11-18;;/h2-9,18,22H,10-13H2,1H3,(H,23,24);2*1H.